The Kier molecular flexibility index (Phi) is 5.08. The van der Waals surface area contributed by atoms with Gasteiger partial charge in [0.1, 0.15) is 0 Å². The summed E-state index contributed by atoms with van der Waals surface area (Å²) in [5.41, 5.74) is 4.97. The number of hydrogen-bond donors (Lipinski definition) is 1. The van der Waals surface area contributed by atoms with Crippen LogP contribution in [0.2, 0.25) is 0 Å². The molecule has 152 valence electrons. The van der Waals surface area contributed by atoms with Crippen molar-refractivity contribution in [1.29, 1.82) is 0 Å². The zero-order valence-electron chi connectivity index (χ0n) is 17.3. The highest BCUT2D eigenvalue weighted by atomic mass is 16.5. The van der Waals surface area contributed by atoms with E-state index in [9.17, 15) is 4.79 Å². The molecule has 0 bridgehead atoms. The Bertz CT molecular complexity index is 1030. The summed E-state index contributed by atoms with van der Waals surface area (Å²) in [6.45, 7) is 9.21. The predicted octanol–water partition coefficient (Wildman–Crippen LogP) is 3.90. The van der Waals surface area contributed by atoms with Crippen LogP contribution in [-0.4, -0.2) is 43.9 Å². The molecule has 0 aliphatic carbocycles. The summed E-state index contributed by atoms with van der Waals surface area (Å²) in [6, 6.07) is 6.16. The van der Waals surface area contributed by atoms with E-state index in [2.05, 4.69) is 52.6 Å². The van der Waals surface area contributed by atoms with Crippen LogP contribution in [0, 0.1) is 27.7 Å². The second-order valence-electron chi connectivity index (χ2n) is 7.72. The zero-order valence-corrected chi connectivity index (χ0v) is 17.3. The first-order chi connectivity index (χ1) is 13.9. The van der Waals surface area contributed by atoms with Crippen LogP contribution in [0.25, 0.3) is 5.69 Å². The van der Waals surface area contributed by atoms with Crippen molar-refractivity contribution >= 4 is 11.7 Å². The summed E-state index contributed by atoms with van der Waals surface area (Å²) in [5, 5.41) is 11.4. The van der Waals surface area contributed by atoms with Gasteiger partial charge in [-0.1, -0.05) is 17.3 Å². The predicted molar refractivity (Wildman–Crippen MR) is 109 cm³/mol. The molecule has 0 radical (unpaired) electrons. The van der Waals surface area contributed by atoms with E-state index in [-0.39, 0.29) is 11.9 Å². The molecule has 2 aromatic heterocycles. The minimum absolute atomic E-state index is 0.103. The molecule has 0 spiro atoms. The Balaban J connectivity index is 1.42. The van der Waals surface area contributed by atoms with Gasteiger partial charge in [-0.05, 0) is 57.7 Å². The van der Waals surface area contributed by atoms with Gasteiger partial charge in [0.05, 0.1) is 23.3 Å². The normalized spacial score (nSPS) is 15.0. The fourth-order valence-electron chi connectivity index (χ4n) is 3.73. The van der Waals surface area contributed by atoms with E-state index >= 15 is 0 Å². The highest BCUT2D eigenvalue weighted by Gasteiger charge is 2.27. The van der Waals surface area contributed by atoms with E-state index in [1.807, 2.05) is 23.4 Å². The molecule has 3 heterocycles. The number of amides is 2. The number of rotatable bonds is 3. The lowest BCUT2D eigenvalue weighted by atomic mass is 9.97. The fraction of sp³-hybridized carbons (Fsp3) is 0.429. The van der Waals surface area contributed by atoms with Gasteiger partial charge in [0.25, 0.3) is 0 Å². The van der Waals surface area contributed by atoms with Crippen molar-refractivity contribution in [3.63, 3.8) is 0 Å². The van der Waals surface area contributed by atoms with Gasteiger partial charge in [-0.3, -0.25) is 0 Å². The Morgan fingerprint density at radius 1 is 1.17 bits per heavy atom. The number of aryl methyl sites for hydroxylation is 3. The first kappa shape index (κ1) is 19.2. The third-order valence-corrected chi connectivity index (χ3v) is 5.52. The van der Waals surface area contributed by atoms with Gasteiger partial charge in [0, 0.05) is 19.0 Å². The lowest BCUT2D eigenvalue weighted by Gasteiger charge is -2.30. The van der Waals surface area contributed by atoms with Crippen molar-refractivity contribution in [3.8, 4) is 5.69 Å². The van der Waals surface area contributed by atoms with Crippen LogP contribution in [0.3, 0.4) is 0 Å². The summed E-state index contributed by atoms with van der Waals surface area (Å²) < 4.78 is 7.16. The fourth-order valence-corrected chi connectivity index (χ4v) is 3.73. The van der Waals surface area contributed by atoms with E-state index in [0.29, 0.717) is 24.8 Å². The summed E-state index contributed by atoms with van der Waals surface area (Å²) in [4.78, 5) is 18.9. The van der Waals surface area contributed by atoms with Gasteiger partial charge in [-0.15, -0.1) is 0 Å². The standard InChI is InChI=1S/C21H26N6O2/c1-13-5-6-14(2)19(11-13)27-15(3)18(12-22-27)24-21(28)26-9-7-17(8-10-26)20-23-16(4)25-29-20/h5-6,11-12,17H,7-10H2,1-4H3,(H,24,28). The van der Waals surface area contributed by atoms with Crippen molar-refractivity contribution in [3.05, 3.63) is 52.9 Å². The van der Waals surface area contributed by atoms with Crippen molar-refractivity contribution in [1.82, 2.24) is 24.8 Å². The highest BCUT2D eigenvalue weighted by molar-refractivity contribution is 5.90. The van der Waals surface area contributed by atoms with Crippen molar-refractivity contribution in [2.75, 3.05) is 18.4 Å². The van der Waals surface area contributed by atoms with Crippen LogP contribution in [0.15, 0.2) is 28.9 Å². The number of hydrogen-bond acceptors (Lipinski definition) is 5. The Morgan fingerprint density at radius 2 is 1.93 bits per heavy atom. The first-order valence-corrected chi connectivity index (χ1v) is 9.90. The molecule has 0 unspecified atom stereocenters. The lowest BCUT2D eigenvalue weighted by Crippen LogP contribution is -2.40. The molecule has 1 N–H and O–H groups in total. The van der Waals surface area contributed by atoms with Gasteiger partial charge in [0.15, 0.2) is 5.82 Å². The van der Waals surface area contributed by atoms with Gasteiger partial charge in [-0.2, -0.15) is 10.1 Å². The number of piperidine rings is 1. The molecule has 1 aliphatic heterocycles. The third-order valence-electron chi connectivity index (χ3n) is 5.52. The molecule has 1 aromatic carbocycles. The minimum atomic E-state index is -0.103. The van der Waals surface area contributed by atoms with E-state index < -0.39 is 0 Å². The molecule has 8 heteroatoms. The summed E-state index contributed by atoms with van der Waals surface area (Å²) >= 11 is 0. The molecule has 1 aliphatic rings. The molecule has 29 heavy (non-hydrogen) atoms. The van der Waals surface area contributed by atoms with Gasteiger partial charge in [0.2, 0.25) is 5.89 Å². The quantitative estimate of drug-likeness (QED) is 0.728. The number of nitrogens with zero attached hydrogens (tertiary/aromatic N) is 5. The van der Waals surface area contributed by atoms with Crippen LogP contribution in [0.5, 0.6) is 0 Å². The summed E-state index contributed by atoms with van der Waals surface area (Å²) in [7, 11) is 0. The summed E-state index contributed by atoms with van der Waals surface area (Å²) in [6.07, 6.45) is 3.34. The van der Waals surface area contributed by atoms with E-state index in [1.165, 1.54) is 5.56 Å². The number of aromatic nitrogens is 4. The molecule has 2 amide bonds. The van der Waals surface area contributed by atoms with E-state index in [0.717, 1.165) is 35.5 Å². The number of carbonyl (C=O) groups excluding carboxylic acids is 1. The number of anilines is 1. The van der Waals surface area contributed by atoms with Crippen LogP contribution in [-0.2, 0) is 0 Å². The third kappa shape index (κ3) is 3.87. The maximum atomic E-state index is 12.8. The number of carbonyl (C=O) groups is 1. The molecule has 1 saturated heterocycles. The van der Waals surface area contributed by atoms with Crippen molar-refractivity contribution in [2.45, 2.75) is 46.5 Å². The maximum absolute atomic E-state index is 12.8. The number of nitrogens with one attached hydrogen (secondary N) is 1. The maximum Gasteiger partial charge on any atom is 0.321 e. The second-order valence-corrected chi connectivity index (χ2v) is 7.72. The topological polar surface area (TPSA) is 89.1 Å². The molecule has 0 atom stereocenters. The number of benzene rings is 1. The molecule has 3 aromatic rings. The van der Waals surface area contributed by atoms with Crippen LogP contribution < -0.4 is 5.32 Å². The number of likely N-dealkylation sites (tertiary alicyclic amines) is 1. The largest absolute Gasteiger partial charge is 0.339 e. The summed E-state index contributed by atoms with van der Waals surface area (Å²) in [5.74, 6) is 1.54. The van der Waals surface area contributed by atoms with Gasteiger partial charge >= 0.3 is 6.03 Å². The molecular weight excluding hydrogens is 368 g/mol. The van der Waals surface area contributed by atoms with Crippen molar-refractivity contribution in [2.24, 2.45) is 0 Å². The lowest BCUT2D eigenvalue weighted by molar-refractivity contribution is 0.187. The molecule has 8 nitrogen and oxygen atoms in total. The van der Waals surface area contributed by atoms with Crippen LogP contribution in [0.4, 0.5) is 10.5 Å². The monoisotopic (exact) mass is 394 g/mol. The molecule has 4 rings (SSSR count). The zero-order chi connectivity index (χ0) is 20.5. The SMILES string of the molecule is Cc1ccc(C)c(-n2ncc(NC(=O)N3CCC(c4nc(C)no4)CC3)c2C)c1. The second kappa shape index (κ2) is 7.69. The Hall–Kier alpha value is -3.16. The van der Waals surface area contributed by atoms with Gasteiger partial charge < -0.3 is 14.7 Å². The molecule has 1 fully saturated rings. The van der Waals surface area contributed by atoms with Crippen molar-refractivity contribution < 1.29 is 9.32 Å². The number of urea groups is 1. The van der Waals surface area contributed by atoms with Gasteiger partial charge in [-0.25, -0.2) is 9.48 Å². The average molecular weight is 394 g/mol. The van der Waals surface area contributed by atoms with E-state index in [1.54, 1.807) is 6.20 Å². The Morgan fingerprint density at radius 3 is 2.62 bits per heavy atom. The average Bonchev–Trinajstić information content (AvgIpc) is 3.30. The Labute approximate surface area is 169 Å². The van der Waals surface area contributed by atoms with E-state index in [4.69, 9.17) is 4.52 Å². The smallest absolute Gasteiger partial charge is 0.321 e. The first-order valence-electron chi connectivity index (χ1n) is 9.90. The van der Waals surface area contributed by atoms with Crippen LogP contribution >= 0.6 is 0 Å². The molecular formula is C21H26N6O2. The van der Waals surface area contributed by atoms with Crippen LogP contribution in [0.1, 0.15) is 47.3 Å². The minimum Gasteiger partial charge on any atom is -0.339 e. The highest BCUT2D eigenvalue weighted by Crippen LogP contribution is 2.27. The molecule has 0 saturated carbocycles.